The van der Waals surface area contributed by atoms with Crippen molar-refractivity contribution >= 4 is 22.6 Å². The van der Waals surface area contributed by atoms with Crippen molar-refractivity contribution in [2.24, 2.45) is 0 Å². The number of aromatic nitrogens is 3. The molecule has 0 saturated heterocycles. The van der Waals surface area contributed by atoms with Gasteiger partial charge in [0, 0.05) is 24.5 Å². The molecular formula is C26H27F2N3O3. The van der Waals surface area contributed by atoms with Crippen LogP contribution < -0.4 is 5.56 Å². The van der Waals surface area contributed by atoms with Crippen LogP contribution in [0.3, 0.4) is 0 Å². The van der Waals surface area contributed by atoms with Crippen molar-refractivity contribution in [1.82, 2.24) is 14.1 Å². The van der Waals surface area contributed by atoms with E-state index in [-0.39, 0.29) is 36.6 Å². The van der Waals surface area contributed by atoms with Crippen LogP contribution in [0.4, 0.5) is 8.78 Å². The Bertz CT molecular complexity index is 1310. The molecule has 0 aliphatic heterocycles. The molecule has 0 spiro atoms. The molecule has 178 valence electrons. The van der Waals surface area contributed by atoms with Crippen LogP contribution in [0.1, 0.15) is 67.3 Å². The van der Waals surface area contributed by atoms with Crippen molar-refractivity contribution in [2.45, 2.75) is 69.9 Å². The number of imidazole rings is 1. The highest BCUT2D eigenvalue weighted by atomic mass is 19.1. The molecule has 0 amide bonds. The average molecular weight is 468 g/mol. The summed E-state index contributed by atoms with van der Waals surface area (Å²) in [6, 6.07) is 1.39. The first-order chi connectivity index (χ1) is 16.4. The molecule has 3 aliphatic rings. The lowest BCUT2D eigenvalue weighted by molar-refractivity contribution is 0.0684. The number of fused-ring (bicyclic) bond motifs is 1. The molecule has 5 rings (SSSR count). The van der Waals surface area contributed by atoms with E-state index < -0.39 is 23.9 Å². The maximum atomic E-state index is 14.9. The molecule has 3 aliphatic carbocycles. The molecule has 6 nitrogen and oxygen atoms in total. The van der Waals surface area contributed by atoms with Crippen molar-refractivity contribution in [3.05, 3.63) is 70.0 Å². The lowest BCUT2D eigenvalue weighted by Crippen LogP contribution is -2.29. The van der Waals surface area contributed by atoms with Crippen LogP contribution in [0, 0.1) is 0 Å². The first-order valence-electron chi connectivity index (χ1n) is 11.9. The number of pyridine rings is 1. The van der Waals surface area contributed by atoms with E-state index in [1.54, 1.807) is 30.4 Å². The number of nitrogens with zero attached hydrogens (tertiary/aromatic N) is 3. The van der Waals surface area contributed by atoms with Crippen LogP contribution in [-0.2, 0) is 6.54 Å². The molecule has 2 atom stereocenters. The average Bonchev–Trinajstić information content (AvgIpc) is 3.22. The van der Waals surface area contributed by atoms with Gasteiger partial charge in [-0.15, -0.1) is 0 Å². The molecule has 0 bridgehead atoms. The first kappa shape index (κ1) is 22.5. The third-order valence-electron chi connectivity index (χ3n) is 6.92. The quantitative estimate of drug-likeness (QED) is 0.647. The zero-order valence-corrected chi connectivity index (χ0v) is 18.8. The van der Waals surface area contributed by atoms with E-state index in [1.807, 2.05) is 4.57 Å². The summed E-state index contributed by atoms with van der Waals surface area (Å²) in [6.07, 6.45) is 12.9. The number of alkyl halides is 2. The Kier molecular flexibility index (Phi) is 6.06. The molecule has 0 radical (unpaired) electrons. The minimum atomic E-state index is -1.25. The van der Waals surface area contributed by atoms with Gasteiger partial charge in [0.05, 0.1) is 12.1 Å². The summed E-state index contributed by atoms with van der Waals surface area (Å²) in [4.78, 5) is 30.5. The van der Waals surface area contributed by atoms with E-state index in [1.165, 1.54) is 16.7 Å². The van der Waals surface area contributed by atoms with Crippen molar-refractivity contribution in [1.29, 1.82) is 0 Å². The van der Waals surface area contributed by atoms with Crippen molar-refractivity contribution in [2.75, 3.05) is 0 Å². The number of carboxylic acids is 1. The maximum Gasteiger partial charge on any atom is 0.352 e. The van der Waals surface area contributed by atoms with Crippen LogP contribution in [0.2, 0.25) is 0 Å². The van der Waals surface area contributed by atoms with Gasteiger partial charge in [-0.05, 0) is 24.5 Å². The smallest absolute Gasteiger partial charge is 0.352 e. The lowest BCUT2D eigenvalue weighted by atomic mass is 9.94. The number of allylic oxidation sites excluding steroid dienone is 8. The van der Waals surface area contributed by atoms with Crippen LogP contribution in [-0.4, -0.2) is 37.5 Å². The van der Waals surface area contributed by atoms with Gasteiger partial charge < -0.3 is 9.67 Å². The van der Waals surface area contributed by atoms with E-state index in [0.29, 0.717) is 22.5 Å². The van der Waals surface area contributed by atoms with Gasteiger partial charge in [-0.25, -0.2) is 18.6 Å². The fourth-order valence-corrected chi connectivity index (χ4v) is 5.19. The third-order valence-corrected chi connectivity index (χ3v) is 6.92. The van der Waals surface area contributed by atoms with Crippen molar-refractivity contribution in [3.63, 3.8) is 0 Å². The molecule has 2 heterocycles. The highest BCUT2D eigenvalue weighted by Crippen LogP contribution is 2.36. The molecule has 8 heteroatoms. The van der Waals surface area contributed by atoms with Crippen LogP contribution in [0.25, 0.3) is 16.6 Å². The molecule has 1 saturated carbocycles. The van der Waals surface area contributed by atoms with Crippen LogP contribution in [0.15, 0.2) is 52.9 Å². The van der Waals surface area contributed by atoms with Gasteiger partial charge in [0.25, 0.3) is 5.56 Å². The minimum Gasteiger partial charge on any atom is -0.477 e. The molecule has 34 heavy (non-hydrogen) atoms. The van der Waals surface area contributed by atoms with Crippen molar-refractivity contribution < 1.29 is 18.7 Å². The standard InChI is InChI=1S/C26H27F2N3O3/c27-17-12-10-16(11-13-17)15-30-22(26(33)34)14-21-23(25(30)32)31(18-6-2-1-3-7-18)24(29-21)19-8-4-5-9-20(19)28/h4-5,8,10-12,14,17-18,20H,1-3,6-7,9,13,15H2,(H,33,34). The number of halogens is 2. The number of hydrogen-bond acceptors (Lipinski definition) is 3. The molecule has 2 aromatic heterocycles. The Hall–Kier alpha value is -3.29. The summed E-state index contributed by atoms with van der Waals surface area (Å²) >= 11 is 0. The van der Waals surface area contributed by atoms with Gasteiger partial charge in [0.15, 0.2) is 0 Å². The third kappa shape index (κ3) is 4.06. The SMILES string of the molecule is O=C(O)c1cc2nc(C3=CC=CCC3F)n(C3CCCCC3)c2c(=O)n1CC1=CCC(F)C=C1. The van der Waals surface area contributed by atoms with Gasteiger partial charge in [-0.1, -0.05) is 55.7 Å². The summed E-state index contributed by atoms with van der Waals surface area (Å²) in [5, 5.41) is 9.86. The van der Waals surface area contributed by atoms with E-state index >= 15 is 0 Å². The van der Waals surface area contributed by atoms with E-state index in [2.05, 4.69) is 4.98 Å². The predicted octanol–water partition coefficient (Wildman–Crippen LogP) is 5.31. The summed E-state index contributed by atoms with van der Waals surface area (Å²) in [7, 11) is 0. The molecular weight excluding hydrogens is 440 g/mol. The molecule has 2 unspecified atom stereocenters. The summed E-state index contributed by atoms with van der Waals surface area (Å²) in [6.45, 7) is 0.0159. The van der Waals surface area contributed by atoms with E-state index in [0.717, 1.165) is 32.1 Å². The van der Waals surface area contributed by atoms with Crippen LogP contribution >= 0.6 is 0 Å². The van der Waals surface area contributed by atoms with Gasteiger partial charge in [-0.3, -0.25) is 9.36 Å². The number of rotatable bonds is 5. The minimum absolute atomic E-state index is 0.00864. The number of carboxylic acid groups (broad SMARTS) is 1. The van der Waals surface area contributed by atoms with Crippen molar-refractivity contribution in [3.8, 4) is 0 Å². The zero-order chi connectivity index (χ0) is 23.8. The van der Waals surface area contributed by atoms with Crippen LogP contribution in [0.5, 0.6) is 0 Å². The van der Waals surface area contributed by atoms with Gasteiger partial charge in [0.2, 0.25) is 0 Å². The Morgan fingerprint density at radius 3 is 2.65 bits per heavy atom. The highest BCUT2D eigenvalue weighted by molar-refractivity contribution is 5.91. The summed E-state index contributed by atoms with van der Waals surface area (Å²) in [5.41, 5.74) is 0.989. The molecule has 2 aromatic rings. The summed E-state index contributed by atoms with van der Waals surface area (Å²) < 4.78 is 31.5. The highest BCUT2D eigenvalue weighted by Gasteiger charge is 2.30. The number of carbonyl (C=O) groups is 1. The Balaban J connectivity index is 1.73. The number of hydrogen-bond donors (Lipinski definition) is 1. The summed E-state index contributed by atoms with van der Waals surface area (Å²) in [5.74, 6) is -0.846. The second-order valence-corrected chi connectivity index (χ2v) is 9.20. The van der Waals surface area contributed by atoms with Gasteiger partial charge >= 0.3 is 5.97 Å². The Morgan fingerprint density at radius 1 is 1.18 bits per heavy atom. The fourth-order valence-electron chi connectivity index (χ4n) is 5.19. The zero-order valence-electron chi connectivity index (χ0n) is 18.8. The molecule has 0 aromatic carbocycles. The van der Waals surface area contributed by atoms with Gasteiger partial charge in [0.1, 0.15) is 29.4 Å². The largest absolute Gasteiger partial charge is 0.477 e. The Morgan fingerprint density at radius 2 is 1.97 bits per heavy atom. The predicted molar refractivity (Wildman–Crippen MR) is 126 cm³/mol. The number of aromatic carboxylic acids is 1. The first-order valence-corrected chi connectivity index (χ1v) is 11.9. The second kappa shape index (κ2) is 9.16. The lowest BCUT2D eigenvalue weighted by Gasteiger charge is -2.27. The molecule has 1 fully saturated rings. The molecule has 1 N–H and O–H groups in total. The van der Waals surface area contributed by atoms with E-state index in [4.69, 9.17) is 0 Å². The topological polar surface area (TPSA) is 77.1 Å². The van der Waals surface area contributed by atoms with Gasteiger partial charge in [-0.2, -0.15) is 0 Å². The Labute approximate surface area is 195 Å². The maximum absolute atomic E-state index is 14.9. The normalized spacial score (nSPS) is 23.2. The second-order valence-electron chi connectivity index (χ2n) is 9.20. The fraction of sp³-hybridized carbons (Fsp3) is 0.423. The monoisotopic (exact) mass is 467 g/mol. The van der Waals surface area contributed by atoms with E-state index in [9.17, 15) is 23.5 Å².